The van der Waals surface area contributed by atoms with Gasteiger partial charge in [-0.1, -0.05) is 0 Å². The lowest BCUT2D eigenvalue weighted by atomic mass is 10.5. The zero-order valence-electron chi connectivity index (χ0n) is 9.19. The van der Waals surface area contributed by atoms with Crippen LogP contribution in [0.4, 0.5) is 5.95 Å². The Morgan fingerprint density at radius 2 is 1.83 bits per heavy atom. The molecule has 1 aliphatic rings. The van der Waals surface area contributed by atoms with E-state index in [9.17, 15) is 9.13 Å². The van der Waals surface area contributed by atoms with Crippen molar-refractivity contribution in [3.05, 3.63) is 12.4 Å². The third-order valence-corrected chi connectivity index (χ3v) is 6.43. The molecule has 0 radical (unpaired) electrons. The fourth-order valence-corrected chi connectivity index (χ4v) is 4.25. The number of fused-ring (bicyclic) bond motifs is 1. The molecule has 1 aliphatic heterocycles. The third kappa shape index (κ3) is 2.66. The molecule has 9 nitrogen and oxygen atoms in total. The second kappa shape index (κ2) is 4.45. The van der Waals surface area contributed by atoms with Gasteiger partial charge in [-0.3, -0.25) is 9.13 Å². The quantitative estimate of drug-likeness (QED) is 0.540. The molecule has 102 valence electrons. The van der Waals surface area contributed by atoms with Crippen molar-refractivity contribution in [2.45, 2.75) is 11.9 Å². The summed E-state index contributed by atoms with van der Waals surface area (Å²) in [7, 11) is -9.77. The van der Waals surface area contributed by atoms with E-state index in [1.165, 1.54) is 11.1 Å². The molecular formula is C7H13N3O6P2. The van der Waals surface area contributed by atoms with Crippen molar-refractivity contribution in [2.75, 3.05) is 18.0 Å². The second-order valence-electron chi connectivity index (χ2n) is 4.03. The fraction of sp³-hybridized carbons (Fsp3) is 0.571. The maximum atomic E-state index is 11.2. The molecule has 0 saturated heterocycles. The molecule has 18 heavy (non-hydrogen) atoms. The standard InChI is InChI=1S/C7H13N3O6P2/c11-17(12,13)6(18(14,15)16)5-10-4-3-9-2-1-8-7(9)10/h1-2,6H,3-5H2,(H2,11,12,13)(H2,14,15,16). The Labute approximate surface area is 102 Å². The van der Waals surface area contributed by atoms with Gasteiger partial charge in [-0.25, -0.2) is 4.98 Å². The molecule has 0 amide bonds. The van der Waals surface area contributed by atoms with E-state index in [2.05, 4.69) is 4.98 Å². The lowest BCUT2D eigenvalue weighted by Crippen LogP contribution is -2.31. The van der Waals surface area contributed by atoms with Crippen molar-refractivity contribution < 1.29 is 28.7 Å². The maximum absolute atomic E-state index is 11.2. The lowest BCUT2D eigenvalue weighted by molar-refractivity contribution is 0.338. The van der Waals surface area contributed by atoms with Crippen LogP contribution in [0.3, 0.4) is 0 Å². The first-order valence-electron chi connectivity index (χ1n) is 5.06. The van der Waals surface area contributed by atoms with Crippen molar-refractivity contribution in [2.24, 2.45) is 0 Å². The van der Waals surface area contributed by atoms with Gasteiger partial charge >= 0.3 is 15.2 Å². The highest BCUT2D eigenvalue weighted by Gasteiger charge is 2.45. The monoisotopic (exact) mass is 297 g/mol. The van der Waals surface area contributed by atoms with Crippen molar-refractivity contribution in [1.29, 1.82) is 0 Å². The van der Waals surface area contributed by atoms with E-state index in [0.717, 1.165) is 0 Å². The van der Waals surface area contributed by atoms with Crippen LogP contribution in [-0.2, 0) is 15.7 Å². The number of nitrogens with zero attached hydrogens (tertiary/aromatic N) is 3. The zero-order valence-corrected chi connectivity index (χ0v) is 11.0. The molecule has 0 unspecified atom stereocenters. The first-order valence-corrected chi connectivity index (χ1v) is 8.42. The first-order chi connectivity index (χ1) is 8.19. The number of hydrogen-bond acceptors (Lipinski definition) is 4. The van der Waals surface area contributed by atoms with Crippen LogP contribution in [0.1, 0.15) is 0 Å². The Balaban J connectivity index is 2.22. The van der Waals surface area contributed by atoms with Crippen LogP contribution in [-0.4, -0.2) is 47.6 Å². The van der Waals surface area contributed by atoms with Gasteiger partial charge in [0.2, 0.25) is 5.95 Å². The number of rotatable bonds is 4. The van der Waals surface area contributed by atoms with E-state index in [-0.39, 0.29) is 0 Å². The summed E-state index contributed by atoms with van der Waals surface area (Å²) in [5, 5.41) is -2.02. The van der Waals surface area contributed by atoms with Gasteiger partial charge < -0.3 is 29.0 Å². The maximum Gasteiger partial charge on any atom is 0.342 e. The molecule has 2 heterocycles. The normalized spacial score (nSPS) is 16.4. The predicted octanol–water partition coefficient (Wildman–Crippen LogP) is -0.615. The van der Waals surface area contributed by atoms with Crippen LogP contribution in [0.2, 0.25) is 0 Å². The minimum absolute atomic E-state index is 0.416. The molecule has 1 aromatic rings. The summed E-state index contributed by atoms with van der Waals surface area (Å²) in [5.74, 6) is 0.460. The number of hydrogen-bond donors (Lipinski definition) is 4. The van der Waals surface area contributed by atoms with Gasteiger partial charge in [-0.2, -0.15) is 0 Å². The molecule has 0 aromatic carbocycles. The molecule has 0 atom stereocenters. The minimum Gasteiger partial charge on any atom is -0.339 e. The van der Waals surface area contributed by atoms with Gasteiger partial charge in [0.05, 0.1) is 0 Å². The predicted molar refractivity (Wildman–Crippen MR) is 62.3 cm³/mol. The van der Waals surface area contributed by atoms with Crippen LogP contribution < -0.4 is 4.90 Å². The summed E-state index contributed by atoms with van der Waals surface area (Å²) >= 11 is 0. The third-order valence-electron chi connectivity index (χ3n) is 2.75. The molecule has 0 aliphatic carbocycles. The Bertz CT molecular complexity index is 511. The smallest absolute Gasteiger partial charge is 0.339 e. The molecule has 0 spiro atoms. The van der Waals surface area contributed by atoms with E-state index < -0.39 is 27.1 Å². The van der Waals surface area contributed by atoms with E-state index in [0.29, 0.717) is 19.0 Å². The number of aromatic nitrogens is 2. The van der Waals surface area contributed by atoms with Gasteiger partial charge in [0.1, 0.15) is 0 Å². The highest BCUT2D eigenvalue weighted by molar-refractivity contribution is 7.70. The highest BCUT2D eigenvalue weighted by atomic mass is 31.2. The minimum atomic E-state index is -4.88. The topological polar surface area (TPSA) is 136 Å². The van der Waals surface area contributed by atoms with E-state index in [4.69, 9.17) is 19.6 Å². The Hall–Kier alpha value is -0.690. The number of anilines is 1. The summed E-state index contributed by atoms with van der Waals surface area (Å²) in [6.07, 6.45) is 3.21. The van der Waals surface area contributed by atoms with Crippen molar-refractivity contribution in [1.82, 2.24) is 9.55 Å². The summed E-state index contributed by atoms with van der Waals surface area (Å²) in [6.45, 7) is 0.565. The summed E-state index contributed by atoms with van der Waals surface area (Å²) in [4.78, 5) is 41.6. The van der Waals surface area contributed by atoms with Gasteiger partial charge in [-0.15, -0.1) is 0 Å². The summed E-state index contributed by atoms with van der Waals surface area (Å²) in [5.41, 5.74) is 0. The molecule has 1 aromatic heterocycles. The molecule has 0 fully saturated rings. The molecule has 4 N–H and O–H groups in total. The zero-order chi connectivity index (χ0) is 13.6. The molecule has 0 bridgehead atoms. The van der Waals surface area contributed by atoms with Crippen molar-refractivity contribution in [3.8, 4) is 0 Å². The van der Waals surface area contributed by atoms with Crippen LogP contribution >= 0.6 is 15.2 Å². The average molecular weight is 297 g/mol. The fourth-order valence-electron chi connectivity index (χ4n) is 1.87. The molecule has 0 saturated carbocycles. The Morgan fingerprint density at radius 1 is 1.22 bits per heavy atom. The Morgan fingerprint density at radius 3 is 2.39 bits per heavy atom. The van der Waals surface area contributed by atoms with Gasteiger partial charge in [0.15, 0.2) is 5.40 Å². The van der Waals surface area contributed by atoms with Gasteiger partial charge in [0.25, 0.3) is 0 Å². The molecular weight excluding hydrogens is 284 g/mol. The van der Waals surface area contributed by atoms with Crippen molar-refractivity contribution in [3.63, 3.8) is 0 Å². The Kier molecular flexibility index (Phi) is 3.40. The van der Waals surface area contributed by atoms with E-state index in [1.54, 1.807) is 10.8 Å². The SMILES string of the molecule is O=P(O)(O)C(CN1CCn2ccnc21)P(=O)(O)O. The number of imidazole rings is 1. The largest absolute Gasteiger partial charge is 0.342 e. The molecule has 11 heteroatoms. The lowest BCUT2D eigenvalue weighted by Gasteiger charge is -2.25. The van der Waals surface area contributed by atoms with E-state index in [1.807, 2.05) is 0 Å². The van der Waals surface area contributed by atoms with Crippen molar-refractivity contribution >= 4 is 21.1 Å². The van der Waals surface area contributed by atoms with E-state index >= 15 is 0 Å². The summed E-state index contributed by atoms with van der Waals surface area (Å²) in [6, 6.07) is 0. The highest BCUT2D eigenvalue weighted by Crippen LogP contribution is 2.60. The van der Waals surface area contributed by atoms with Crippen LogP contribution in [0, 0.1) is 0 Å². The second-order valence-corrected chi connectivity index (χ2v) is 8.04. The van der Waals surface area contributed by atoms with Gasteiger partial charge in [-0.05, 0) is 0 Å². The molecule has 2 rings (SSSR count). The summed E-state index contributed by atoms with van der Waals surface area (Å²) < 4.78 is 24.1. The average Bonchev–Trinajstić information content (AvgIpc) is 2.71. The van der Waals surface area contributed by atoms with Crippen LogP contribution in [0.25, 0.3) is 0 Å². The first kappa shape index (κ1) is 13.7. The van der Waals surface area contributed by atoms with Gasteiger partial charge in [0, 0.05) is 32.0 Å². The van der Waals surface area contributed by atoms with Crippen LogP contribution in [0.5, 0.6) is 0 Å². The van der Waals surface area contributed by atoms with Crippen LogP contribution in [0.15, 0.2) is 12.4 Å².